The van der Waals surface area contributed by atoms with Crippen molar-refractivity contribution in [3.8, 4) is 0 Å². The van der Waals surface area contributed by atoms with Gasteiger partial charge in [-0.15, -0.1) is 11.3 Å². The number of nitrogens with one attached hydrogen (secondary N) is 1. The summed E-state index contributed by atoms with van der Waals surface area (Å²) >= 11 is 1.55. The van der Waals surface area contributed by atoms with Crippen LogP contribution in [0, 0.1) is 0 Å². The Hall–Kier alpha value is -1.81. The van der Waals surface area contributed by atoms with E-state index in [1.54, 1.807) is 11.3 Å². The second-order valence-electron chi connectivity index (χ2n) is 4.30. The lowest BCUT2D eigenvalue weighted by molar-refractivity contribution is 0.0989. The molecule has 1 aliphatic heterocycles. The fourth-order valence-corrected chi connectivity index (χ4v) is 2.97. The second kappa shape index (κ2) is 4.46. The molecule has 0 aliphatic carbocycles. The van der Waals surface area contributed by atoms with Gasteiger partial charge in [0.1, 0.15) is 0 Å². The molecule has 0 unspecified atom stereocenters. The van der Waals surface area contributed by atoms with Crippen molar-refractivity contribution in [2.45, 2.75) is 13.3 Å². The Labute approximate surface area is 110 Å². The van der Waals surface area contributed by atoms with E-state index >= 15 is 0 Å². The van der Waals surface area contributed by atoms with Crippen LogP contribution >= 0.6 is 11.3 Å². The molecule has 4 heteroatoms. The Bertz CT molecular complexity index is 591. The van der Waals surface area contributed by atoms with Crippen LogP contribution in [0.4, 0.5) is 17.1 Å². The summed E-state index contributed by atoms with van der Waals surface area (Å²) in [6.45, 7) is 2.83. The van der Waals surface area contributed by atoms with Gasteiger partial charge >= 0.3 is 0 Å². The molecule has 0 atom stereocenters. The molecule has 1 aromatic heterocycles. The van der Waals surface area contributed by atoms with Gasteiger partial charge in [0.2, 0.25) is 0 Å². The van der Waals surface area contributed by atoms with Gasteiger partial charge in [-0.2, -0.15) is 0 Å². The molecule has 0 saturated carbocycles. The van der Waals surface area contributed by atoms with E-state index in [1.165, 1.54) is 0 Å². The zero-order chi connectivity index (χ0) is 12.5. The Kier molecular flexibility index (Phi) is 2.80. The van der Waals surface area contributed by atoms with E-state index < -0.39 is 0 Å². The first-order valence-corrected chi connectivity index (χ1v) is 6.99. The third-order valence-corrected chi connectivity index (χ3v) is 3.79. The number of amides is 1. The van der Waals surface area contributed by atoms with Gasteiger partial charge < -0.3 is 10.2 Å². The summed E-state index contributed by atoms with van der Waals surface area (Å²) in [5.74, 6) is 0.0885. The number of nitrogens with zero attached hydrogens (tertiary/aromatic N) is 1. The zero-order valence-electron chi connectivity index (χ0n) is 10.1. The number of rotatable bonds is 2. The minimum Gasteiger partial charge on any atom is -0.352 e. The SMILES string of the molecule is CCCN1C(=O)c2cscc2Nc2ccccc21. The number of thiophene rings is 1. The van der Waals surface area contributed by atoms with Crippen molar-refractivity contribution < 1.29 is 4.79 Å². The second-order valence-corrected chi connectivity index (χ2v) is 5.04. The van der Waals surface area contributed by atoms with E-state index in [0.717, 1.165) is 35.6 Å². The highest BCUT2D eigenvalue weighted by molar-refractivity contribution is 7.08. The molecule has 0 spiro atoms. The quantitative estimate of drug-likeness (QED) is 0.887. The van der Waals surface area contributed by atoms with Gasteiger partial charge in [0.05, 0.1) is 22.6 Å². The first-order chi connectivity index (χ1) is 8.81. The van der Waals surface area contributed by atoms with Crippen molar-refractivity contribution >= 4 is 34.3 Å². The predicted octanol–water partition coefficient (Wildman–Crippen LogP) is 3.86. The van der Waals surface area contributed by atoms with Gasteiger partial charge in [0.15, 0.2) is 0 Å². The lowest BCUT2D eigenvalue weighted by Crippen LogP contribution is -2.30. The molecule has 0 radical (unpaired) electrons. The maximum absolute atomic E-state index is 12.5. The van der Waals surface area contributed by atoms with Gasteiger partial charge in [-0.3, -0.25) is 4.79 Å². The summed E-state index contributed by atoms with van der Waals surface area (Å²) in [7, 11) is 0. The maximum Gasteiger partial charge on any atom is 0.261 e. The molecule has 0 bridgehead atoms. The van der Waals surface area contributed by atoms with Crippen LogP contribution in [0.15, 0.2) is 35.0 Å². The smallest absolute Gasteiger partial charge is 0.261 e. The minimum absolute atomic E-state index is 0.0885. The standard InChI is InChI=1S/C14H14N2OS/c1-2-7-16-13-6-4-3-5-11(13)15-12-9-18-8-10(12)14(16)17/h3-6,8-9,15H,2,7H2,1H3. The average Bonchev–Trinajstić information content (AvgIpc) is 2.80. The molecular formula is C14H14N2OS. The van der Waals surface area contributed by atoms with E-state index in [4.69, 9.17) is 0 Å². The summed E-state index contributed by atoms with van der Waals surface area (Å²) in [4.78, 5) is 14.4. The van der Waals surface area contributed by atoms with Gasteiger partial charge in [-0.05, 0) is 18.6 Å². The molecule has 3 rings (SSSR count). The Morgan fingerprint density at radius 2 is 2.06 bits per heavy atom. The van der Waals surface area contributed by atoms with E-state index in [0.29, 0.717) is 0 Å². The molecule has 1 aliphatic rings. The molecule has 1 aromatic carbocycles. The fourth-order valence-electron chi connectivity index (χ4n) is 2.22. The van der Waals surface area contributed by atoms with Crippen molar-refractivity contribution in [3.63, 3.8) is 0 Å². The monoisotopic (exact) mass is 258 g/mol. The van der Waals surface area contributed by atoms with Gasteiger partial charge in [-0.25, -0.2) is 0 Å². The molecule has 18 heavy (non-hydrogen) atoms. The van der Waals surface area contributed by atoms with Crippen LogP contribution in [-0.2, 0) is 0 Å². The van der Waals surface area contributed by atoms with Gasteiger partial charge in [-0.1, -0.05) is 19.1 Å². The zero-order valence-corrected chi connectivity index (χ0v) is 11.0. The molecule has 3 nitrogen and oxygen atoms in total. The van der Waals surface area contributed by atoms with Crippen LogP contribution in [0.25, 0.3) is 0 Å². The van der Waals surface area contributed by atoms with E-state index in [9.17, 15) is 4.79 Å². The maximum atomic E-state index is 12.5. The number of benzene rings is 1. The Morgan fingerprint density at radius 1 is 1.22 bits per heavy atom. The first kappa shape index (κ1) is 11.3. The molecule has 1 N–H and O–H groups in total. The molecule has 0 fully saturated rings. The van der Waals surface area contributed by atoms with E-state index in [1.807, 2.05) is 39.9 Å². The average molecular weight is 258 g/mol. The van der Waals surface area contributed by atoms with Crippen molar-refractivity contribution in [3.05, 3.63) is 40.6 Å². The normalized spacial score (nSPS) is 13.6. The van der Waals surface area contributed by atoms with Crippen LogP contribution < -0.4 is 10.2 Å². The van der Waals surface area contributed by atoms with Crippen molar-refractivity contribution in [2.24, 2.45) is 0 Å². The third kappa shape index (κ3) is 1.69. The van der Waals surface area contributed by atoms with E-state index in [-0.39, 0.29) is 5.91 Å². The Morgan fingerprint density at radius 3 is 2.89 bits per heavy atom. The highest BCUT2D eigenvalue weighted by Gasteiger charge is 2.26. The predicted molar refractivity (Wildman–Crippen MR) is 76.0 cm³/mol. The lowest BCUT2D eigenvalue weighted by Gasteiger charge is -2.21. The summed E-state index contributed by atoms with van der Waals surface area (Å²) in [6, 6.07) is 7.95. The number of anilines is 3. The number of hydrogen-bond donors (Lipinski definition) is 1. The summed E-state index contributed by atoms with van der Waals surface area (Å²) in [5, 5.41) is 7.25. The highest BCUT2D eigenvalue weighted by atomic mass is 32.1. The number of hydrogen-bond acceptors (Lipinski definition) is 3. The van der Waals surface area contributed by atoms with Crippen LogP contribution in [0.2, 0.25) is 0 Å². The number of para-hydroxylation sites is 2. The summed E-state index contributed by atoms with van der Waals surface area (Å²) in [5.41, 5.74) is 3.64. The molecule has 1 amide bonds. The van der Waals surface area contributed by atoms with Crippen molar-refractivity contribution in [2.75, 3.05) is 16.8 Å². The highest BCUT2D eigenvalue weighted by Crippen LogP contribution is 2.36. The van der Waals surface area contributed by atoms with Crippen LogP contribution in [0.1, 0.15) is 23.7 Å². The summed E-state index contributed by atoms with van der Waals surface area (Å²) < 4.78 is 0. The molecule has 2 heterocycles. The van der Waals surface area contributed by atoms with Gasteiger partial charge in [0, 0.05) is 17.3 Å². The van der Waals surface area contributed by atoms with Crippen LogP contribution in [-0.4, -0.2) is 12.5 Å². The third-order valence-electron chi connectivity index (χ3n) is 3.05. The van der Waals surface area contributed by atoms with E-state index in [2.05, 4.69) is 12.2 Å². The molecular weight excluding hydrogens is 244 g/mol. The molecule has 0 saturated heterocycles. The van der Waals surface area contributed by atoms with Crippen LogP contribution in [0.5, 0.6) is 0 Å². The van der Waals surface area contributed by atoms with Crippen molar-refractivity contribution in [1.82, 2.24) is 0 Å². The topological polar surface area (TPSA) is 32.3 Å². The minimum atomic E-state index is 0.0885. The lowest BCUT2D eigenvalue weighted by atomic mass is 10.2. The number of carbonyl (C=O) groups is 1. The van der Waals surface area contributed by atoms with Crippen LogP contribution in [0.3, 0.4) is 0 Å². The van der Waals surface area contributed by atoms with Gasteiger partial charge in [0.25, 0.3) is 5.91 Å². The number of carbonyl (C=O) groups excluding carboxylic acids is 1. The largest absolute Gasteiger partial charge is 0.352 e. The Balaban J connectivity index is 2.16. The summed E-state index contributed by atoms with van der Waals surface area (Å²) in [6.07, 6.45) is 0.944. The number of fused-ring (bicyclic) bond motifs is 2. The molecule has 2 aromatic rings. The van der Waals surface area contributed by atoms with Crippen molar-refractivity contribution in [1.29, 1.82) is 0 Å². The fraction of sp³-hybridized carbons (Fsp3) is 0.214. The first-order valence-electron chi connectivity index (χ1n) is 6.05. The molecule has 92 valence electrons.